The van der Waals surface area contributed by atoms with Crippen LogP contribution in [-0.2, 0) is 17.8 Å². The lowest BCUT2D eigenvalue weighted by Crippen LogP contribution is -2.39. The van der Waals surface area contributed by atoms with Crippen molar-refractivity contribution in [1.82, 2.24) is 10.6 Å². The smallest absolute Gasteiger partial charge is 0.224 e. The molecule has 0 saturated heterocycles. The number of rotatable bonds is 8. The summed E-state index contributed by atoms with van der Waals surface area (Å²) in [7, 11) is 1.66. The van der Waals surface area contributed by atoms with Gasteiger partial charge in [-0.3, -0.25) is 4.79 Å². The van der Waals surface area contributed by atoms with Crippen LogP contribution in [0.15, 0.2) is 47.5 Å². The quantitative estimate of drug-likeness (QED) is 0.214. The van der Waals surface area contributed by atoms with E-state index >= 15 is 0 Å². The number of hydrogen-bond donors (Lipinski definition) is 3. The second-order valence-corrected chi connectivity index (χ2v) is 6.65. The van der Waals surface area contributed by atoms with Gasteiger partial charge < -0.3 is 25.4 Å². The number of fused-ring (bicyclic) bond motifs is 1. The number of aryl methyl sites for hydroxylation is 1. The Morgan fingerprint density at radius 1 is 1.17 bits per heavy atom. The number of carbonyl (C=O) groups is 1. The van der Waals surface area contributed by atoms with Crippen molar-refractivity contribution in [2.24, 2.45) is 4.99 Å². The molecule has 0 aliphatic carbocycles. The molecule has 0 bridgehead atoms. The summed E-state index contributed by atoms with van der Waals surface area (Å²) in [4.78, 5) is 16.1. The van der Waals surface area contributed by atoms with Crippen molar-refractivity contribution >= 4 is 41.5 Å². The maximum Gasteiger partial charge on any atom is 0.224 e. The van der Waals surface area contributed by atoms with E-state index in [4.69, 9.17) is 9.47 Å². The maximum atomic E-state index is 11.4. The Kier molecular flexibility index (Phi) is 9.72. The Balaban J connectivity index is 0.00000320. The number of methoxy groups -OCH3 is 1. The minimum absolute atomic E-state index is 0. The van der Waals surface area contributed by atoms with Crippen LogP contribution in [0.2, 0.25) is 0 Å². The second-order valence-electron chi connectivity index (χ2n) is 6.65. The number of anilines is 1. The van der Waals surface area contributed by atoms with Crippen LogP contribution in [0.1, 0.15) is 24.5 Å². The van der Waals surface area contributed by atoms with Crippen molar-refractivity contribution in [3.8, 4) is 11.5 Å². The molecule has 0 atom stereocenters. The van der Waals surface area contributed by atoms with Crippen molar-refractivity contribution in [3.63, 3.8) is 0 Å². The normalized spacial score (nSPS) is 12.9. The van der Waals surface area contributed by atoms with E-state index in [0.717, 1.165) is 47.2 Å². The Hall–Kier alpha value is -2.49. The number of ether oxygens (including phenoxy) is 2. The van der Waals surface area contributed by atoms with Crippen LogP contribution in [0, 0.1) is 0 Å². The Morgan fingerprint density at radius 3 is 2.80 bits per heavy atom. The SMILES string of the molecule is CCNC(=NCc1ccccc1OC)NCCOc1ccc2c(c1)CCC(=O)N2.I. The predicted molar refractivity (Wildman–Crippen MR) is 130 cm³/mol. The standard InChI is InChI=1S/C22H28N4O3.HI/c1-3-23-22(25-15-17-6-4-5-7-20(17)28-2)24-12-13-29-18-9-10-19-16(14-18)8-11-21(27)26-19;/h4-7,9-10,14H,3,8,11-13,15H2,1-2H3,(H,26,27)(H2,23,24,25);1H. The lowest BCUT2D eigenvalue weighted by Gasteiger charge is -2.18. The predicted octanol–water partition coefficient (Wildman–Crippen LogP) is 3.33. The van der Waals surface area contributed by atoms with E-state index in [0.29, 0.717) is 26.1 Å². The zero-order chi connectivity index (χ0) is 20.5. The van der Waals surface area contributed by atoms with Crippen molar-refractivity contribution in [2.75, 3.05) is 32.1 Å². The Morgan fingerprint density at radius 2 is 2.00 bits per heavy atom. The van der Waals surface area contributed by atoms with E-state index in [1.807, 2.05) is 49.4 Å². The molecule has 30 heavy (non-hydrogen) atoms. The third kappa shape index (κ3) is 6.79. The molecule has 0 radical (unpaired) electrons. The summed E-state index contributed by atoms with van der Waals surface area (Å²) < 4.78 is 11.2. The van der Waals surface area contributed by atoms with Gasteiger partial charge in [0.1, 0.15) is 18.1 Å². The Labute approximate surface area is 194 Å². The number of aliphatic imine (C=N–C) groups is 1. The molecule has 0 unspecified atom stereocenters. The highest BCUT2D eigenvalue weighted by molar-refractivity contribution is 14.0. The van der Waals surface area contributed by atoms with Crippen LogP contribution in [0.25, 0.3) is 0 Å². The molecular weight excluding hydrogens is 495 g/mol. The highest BCUT2D eigenvalue weighted by Crippen LogP contribution is 2.26. The van der Waals surface area contributed by atoms with E-state index < -0.39 is 0 Å². The zero-order valence-electron chi connectivity index (χ0n) is 17.4. The van der Waals surface area contributed by atoms with Gasteiger partial charge in [-0.1, -0.05) is 18.2 Å². The highest BCUT2D eigenvalue weighted by Gasteiger charge is 2.14. The molecule has 3 rings (SSSR count). The molecule has 2 aromatic carbocycles. The number of guanidine groups is 1. The van der Waals surface area contributed by atoms with E-state index in [1.165, 1.54) is 0 Å². The van der Waals surface area contributed by atoms with Crippen LogP contribution in [0.3, 0.4) is 0 Å². The third-order valence-corrected chi connectivity index (χ3v) is 4.58. The number of benzene rings is 2. The molecule has 0 aromatic heterocycles. The molecule has 7 nitrogen and oxygen atoms in total. The number of carbonyl (C=O) groups excluding carboxylic acids is 1. The van der Waals surface area contributed by atoms with Gasteiger partial charge in [0.15, 0.2) is 5.96 Å². The summed E-state index contributed by atoms with van der Waals surface area (Å²) in [6.45, 7) is 4.45. The first-order valence-corrected chi connectivity index (χ1v) is 9.89. The molecule has 3 N–H and O–H groups in total. The van der Waals surface area contributed by atoms with E-state index in [-0.39, 0.29) is 29.9 Å². The summed E-state index contributed by atoms with van der Waals surface area (Å²) >= 11 is 0. The van der Waals surface area contributed by atoms with Crippen LogP contribution in [0.5, 0.6) is 11.5 Å². The van der Waals surface area contributed by atoms with E-state index in [1.54, 1.807) is 7.11 Å². The Bertz CT molecular complexity index is 873. The van der Waals surface area contributed by atoms with Gasteiger partial charge in [-0.05, 0) is 43.2 Å². The average molecular weight is 524 g/mol. The molecule has 0 spiro atoms. The van der Waals surface area contributed by atoms with Crippen LogP contribution < -0.4 is 25.4 Å². The van der Waals surface area contributed by atoms with Crippen LogP contribution in [-0.4, -0.2) is 38.7 Å². The third-order valence-electron chi connectivity index (χ3n) is 4.58. The molecule has 0 saturated carbocycles. The lowest BCUT2D eigenvalue weighted by atomic mass is 10.0. The summed E-state index contributed by atoms with van der Waals surface area (Å²) in [5, 5.41) is 9.40. The first kappa shape index (κ1) is 23.8. The monoisotopic (exact) mass is 524 g/mol. The fourth-order valence-corrected chi connectivity index (χ4v) is 3.13. The largest absolute Gasteiger partial charge is 0.496 e. The van der Waals surface area contributed by atoms with Crippen LogP contribution in [0.4, 0.5) is 5.69 Å². The molecule has 0 fully saturated rings. The van der Waals surface area contributed by atoms with Crippen molar-refractivity contribution in [3.05, 3.63) is 53.6 Å². The van der Waals surface area contributed by atoms with Crippen molar-refractivity contribution in [2.45, 2.75) is 26.3 Å². The van der Waals surface area contributed by atoms with Gasteiger partial charge in [0, 0.05) is 24.2 Å². The number of nitrogens with zero attached hydrogens (tertiary/aromatic N) is 1. The number of amides is 1. The van der Waals surface area contributed by atoms with Gasteiger partial charge in [0.05, 0.1) is 20.2 Å². The van der Waals surface area contributed by atoms with E-state index in [2.05, 4.69) is 20.9 Å². The first-order chi connectivity index (χ1) is 14.2. The van der Waals surface area contributed by atoms with Gasteiger partial charge >= 0.3 is 0 Å². The fourth-order valence-electron chi connectivity index (χ4n) is 3.13. The molecule has 162 valence electrons. The fraction of sp³-hybridized carbons (Fsp3) is 0.364. The van der Waals surface area contributed by atoms with E-state index in [9.17, 15) is 4.79 Å². The number of para-hydroxylation sites is 1. The topological polar surface area (TPSA) is 84.0 Å². The van der Waals surface area contributed by atoms with Gasteiger partial charge in [0.2, 0.25) is 5.91 Å². The molecule has 8 heteroatoms. The molecule has 1 heterocycles. The number of nitrogens with one attached hydrogen (secondary N) is 3. The van der Waals surface area contributed by atoms with Crippen LogP contribution >= 0.6 is 24.0 Å². The zero-order valence-corrected chi connectivity index (χ0v) is 19.7. The van der Waals surface area contributed by atoms with Gasteiger partial charge in [-0.25, -0.2) is 4.99 Å². The minimum Gasteiger partial charge on any atom is -0.496 e. The van der Waals surface area contributed by atoms with Gasteiger partial charge in [-0.2, -0.15) is 0 Å². The molecule has 1 aliphatic heterocycles. The van der Waals surface area contributed by atoms with Gasteiger partial charge in [0.25, 0.3) is 0 Å². The minimum atomic E-state index is 0. The molecule has 1 aliphatic rings. The molecule has 1 amide bonds. The summed E-state index contributed by atoms with van der Waals surface area (Å²) in [6.07, 6.45) is 1.27. The van der Waals surface area contributed by atoms with Gasteiger partial charge in [-0.15, -0.1) is 24.0 Å². The summed E-state index contributed by atoms with van der Waals surface area (Å²) in [5.41, 5.74) is 3.02. The maximum absolute atomic E-state index is 11.4. The lowest BCUT2D eigenvalue weighted by molar-refractivity contribution is -0.116. The molecule has 2 aromatic rings. The summed E-state index contributed by atoms with van der Waals surface area (Å²) in [6, 6.07) is 13.6. The summed E-state index contributed by atoms with van der Waals surface area (Å²) in [5.74, 6) is 2.44. The molecular formula is C22H29IN4O3. The average Bonchev–Trinajstić information content (AvgIpc) is 2.75. The number of hydrogen-bond acceptors (Lipinski definition) is 4. The van der Waals surface area contributed by atoms with Crippen molar-refractivity contribution in [1.29, 1.82) is 0 Å². The number of halogens is 1. The van der Waals surface area contributed by atoms with Crippen molar-refractivity contribution < 1.29 is 14.3 Å². The highest BCUT2D eigenvalue weighted by atomic mass is 127. The first-order valence-electron chi connectivity index (χ1n) is 9.89. The second kappa shape index (κ2) is 12.3.